The Morgan fingerprint density at radius 3 is 2.50 bits per heavy atom. The quantitative estimate of drug-likeness (QED) is 0.365. The minimum absolute atomic E-state index is 0.0435. The molecule has 42 heavy (non-hydrogen) atoms. The van der Waals surface area contributed by atoms with Gasteiger partial charge < -0.3 is 28.8 Å². The van der Waals surface area contributed by atoms with Crippen molar-refractivity contribution in [2.45, 2.75) is 78.7 Å². The second-order valence-corrected chi connectivity index (χ2v) is 12.3. The van der Waals surface area contributed by atoms with Crippen molar-refractivity contribution in [3.05, 3.63) is 36.7 Å². The van der Waals surface area contributed by atoms with Crippen LogP contribution in [0.25, 0.3) is 11.5 Å². The van der Waals surface area contributed by atoms with Gasteiger partial charge in [0, 0.05) is 38.3 Å². The molecule has 2 atom stereocenters. The number of hydrogen-bond acceptors (Lipinski definition) is 8. The van der Waals surface area contributed by atoms with E-state index >= 15 is 0 Å². The standard InChI is InChI=1S/C30H41F2N4O6/c1-17(2)21-15-36(13-12-35(21)7)27(37)24-25(18(3)33-29(38)42-30(4,5)6)41-26(34-24)20-10-11-22(40-28(31)32)23(14-20)39-16-19-8-9-19/h10-11,14,17-19,21,28H,7-9,12-13,15-16H2,1-6H3,(H,33,38)/t18-,21+/m0/s1. The van der Waals surface area contributed by atoms with Crippen LogP contribution in [0.4, 0.5) is 13.6 Å². The van der Waals surface area contributed by atoms with Gasteiger partial charge in [-0.3, -0.25) is 9.69 Å². The highest BCUT2D eigenvalue weighted by atomic mass is 19.3. The van der Waals surface area contributed by atoms with Crippen molar-refractivity contribution in [1.82, 2.24) is 20.1 Å². The van der Waals surface area contributed by atoms with E-state index in [4.69, 9.17) is 13.9 Å². The number of amides is 2. The molecule has 0 bridgehead atoms. The number of oxazole rings is 1. The van der Waals surface area contributed by atoms with Crippen molar-refractivity contribution in [3.8, 4) is 23.0 Å². The lowest BCUT2D eigenvalue weighted by Crippen LogP contribution is -2.54. The summed E-state index contributed by atoms with van der Waals surface area (Å²) < 4.78 is 48.1. The normalized spacial score (nSPS) is 18.7. The summed E-state index contributed by atoms with van der Waals surface area (Å²) in [6, 6.07) is 3.66. The highest BCUT2D eigenvalue weighted by molar-refractivity contribution is 5.94. The zero-order valence-corrected chi connectivity index (χ0v) is 25.1. The van der Waals surface area contributed by atoms with Crippen molar-refractivity contribution in [3.63, 3.8) is 0 Å². The number of rotatable bonds is 10. The van der Waals surface area contributed by atoms with Gasteiger partial charge in [-0.1, -0.05) is 13.8 Å². The predicted octanol–water partition coefficient (Wildman–Crippen LogP) is 5.89. The number of alkyl carbamates (subject to hydrolysis) is 1. The molecule has 1 saturated carbocycles. The highest BCUT2D eigenvalue weighted by Crippen LogP contribution is 2.37. The summed E-state index contributed by atoms with van der Waals surface area (Å²) in [6.07, 6.45) is 1.35. The van der Waals surface area contributed by atoms with E-state index in [0.29, 0.717) is 37.7 Å². The summed E-state index contributed by atoms with van der Waals surface area (Å²) in [5.41, 5.74) is -0.287. The number of nitrogens with one attached hydrogen (secondary N) is 1. The minimum Gasteiger partial charge on any atom is -0.489 e. The van der Waals surface area contributed by atoms with Crippen LogP contribution in [0.3, 0.4) is 0 Å². The maximum Gasteiger partial charge on any atom is 0.408 e. The number of alkyl halides is 2. The Morgan fingerprint density at radius 2 is 1.88 bits per heavy atom. The Hall–Kier alpha value is -3.41. The molecule has 2 amide bonds. The fourth-order valence-corrected chi connectivity index (χ4v) is 4.71. The number of nitrogens with zero attached hydrogens (tertiary/aromatic N) is 3. The van der Waals surface area contributed by atoms with Gasteiger partial charge in [0.1, 0.15) is 5.60 Å². The molecule has 0 unspecified atom stereocenters. The molecule has 1 aromatic heterocycles. The van der Waals surface area contributed by atoms with Crippen LogP contribution in [0.15, 0.2) is 22.6 Å². The van der Waals surface area contributed by atoms with Crippen LogP contribution < -0.4 is 14.8 Å². The molecule has 2 aliphatic rings. The van der Waals surface area contributed by atoms with Gasteiger partial charge in [0.05, 0.1) is 12.6 Å². The van der Waals surface area contributed by atoms with Crippen molar-refractivity contribution in [2.75, 3.05) is 26.2 Å². The van der Waals surface area contributed by atoms with Gasteiger partial charge in [-0.25, -0.2) is 9.78 Å². The first-order valence-electron chi connectivity index (χ1n) is 14.3. The molecule has 231 valence electrons. The van der Waals surface area contributed by atoms with E-state index in [-0.39, 0.29) is 46.7 Å². The first kappa shape index (κ1) is 31.5. The predicted molar refractivity (Wildman–Crippen MR) is 151 cm³/mol. The van der Waals surface area contributed by atoms with Crippen LogP contribution in [0.1, 0.15) is 76.7 Å². The van der Waals surface area contributed by atoms with E-state index in [2.05, 4.69) is 35.9 Å². The first-order valence-corrected chi connectivity index (χ1v) is 14.3. The van der Waals surface area contributed by atoms with Gasteiger partial charge in [0.2, 0.25) is 5.89 Å². The van der Waals surface area contributed by atoms with E-state index in [9.17, 15) is 18.4 Å². The number of benzene rings is 1. The van der Waals surface area contributed by atoms with E-state index in [0.717, 1.165) is 12.8 Å². The largest absolute Gasteiger partial charge is 0.489 e. The maximum absolute atomic E-state index is 13.9. The molecular formula is C30H41F2N4O6. The molecule has 1 aliphatic carbocycles. The zero-order valence-electron chi connectivity index (χ0n) is 25.1. The lowest BCUT2D eigenvalue weighted by atomic mass is 10.00. The van der Waals surface area contributed by atoms with Crippen LogP contribution in [0.5, 0.6) is 11.5 Å². The number of ether oxygens (including phenoxy) is 3. The molecule has 2 fully saturated rings. The smallest absolute Gasteiger partial charge is 0.408 e. The number of hydrogen-bond donors (Lipinski definition) is 1. The zero-order chi connectivity index (χ0) is 30.8. The average Bonchev–Trinajstić information content (AvgIpc) is 3.61. The van der Waals surface area contributed by atoms with Gasteiger partial charge in [-0.2, -0.15) is 8.78 Å². The Kier molecular flexibility index (Phi) is 9.64. The molecule has 10 nitrogen and oxygen atoms in total. The number of carbonyl (C=O) groups excluding carboxylic acids is 2. The average molecular weight is 592 g/mol. The third kappa shape index (κ3) is 8.11. The van der Waals surface area contributed by atoms with Crippen molar-refractivity contribution in [1.29, 1.82) is 0 Å². The number of carbonyl (C=O) groups is 2. The molecular weight excluding hydrogens is 550 g/mol. The van der Waals surface area contributed by atoms with Gasteiger partial charge in [-0.15, -0.1) is 0 Å². The van der Waals surface area contributed by atoms with Crippen LogP contribution in [-0.2, 0) is 4.74 Å². The topological polar surface area (TPSA) is 106 Å². The lowest BCUT2D eigenvalue weighted by Gasteiger charge is -2.41. The number of aromatic nitrogens is 1. The van der Waals surface area contributed by atoms with E-state index in [1.165, 1.54) is 18.2 Å². The fraction of sp³-hybridized carbons (Fsp3) is 0.600. The summed E-state index contributed by atoms with van der Waals surface area (Å²) in [4.78, 5) is 34.7. The van der Waals surface area contributed by atoms with Gasteiger partial charge in [0.25, 0.3) is 5.91 Å². The Balaban J connectivity index is 1.68. The molecule has 0 spiro atoms. The van der Waals surface area contributed by atoms with Gasteiger partial charge >= 0.3 is 12.7 Å². The van der Waals surface area contributed by atoms with Gasteiger partial charge in [0.15, 0.2) is 23.0 Å². The fourth-order valence-electron chi connectivity index (χ4n) is 4.71. The van der Waals surface area contributed by atoms with E-state index < -0.39 is 24.3 Å². The van der Waals surface area contributed by atoms with Crippen molar-refractivity contribution >= 4 is 12.0 Å². The Bertz CT molecular complexity index is 1260. The number of piperazine rings is 1. The highest BCUT2D eigenvalue weighted by Gasteiger charge is 2.35. The van der Waals surface area contributed by atoms with Crippen LogP contribution >= 0.6 is 0 Å². The lowest BCUT2D eigenvalue weighted by molar-refractivity contribution is -0.0515. The van der Waals surface area contributed by atoms with E-state index in [1.807, 2.05) is 4.90 Å². The molecule has 1 aromatic carbocycles. The third-order valence-electron chi connectivity index (χ3n) is 7.15. The monoisotopic (exact) mass is 591 g/mol. The summed E-state index contributed by atoms with van der Waals surface area (Å²) in [5.74, 6) is 0.524. The molecule has 1 radical (unpaired) electrons. The molecule has 12 heteroatoms. The third-order valence-corrected chi connectivity index (χ3v) is 7.15. The number of halogens is 2. The minimum atomic E-state index is -3.02. The second-order valence-electron chi connectivity index (χ2n) is 12.3. The van der Waals surface area contributed by atoms with Gasteiger partial charge in [-0.05, 0) is 70.6 Å². The summed E-state index contributed by atoms with van der Waals surface area (Å²) in [5, 5.41) is 2.72. The van der Waals surface area contributed by atoms with E-state index in [1.54, 1.807) is 32.6 Å². The summed E-state index contributed by atoms with van der Waals surface area (Å²) in [7, 11) is 4.11. The van der Waals surface area contributed by atoms with Crippen molar-refractivity contribution < 1.29 is 37.0 Å². The van der Waals surface area contributed by atoms with Crippen LogP contribution in [0, 0.1) is 18.9 Å². The summed E-state index contributed by atoms with van der Waals surface area (Å²) in [6.45, 7) is 9.90. The second kappa shape index (κ2) is 12.8. The Morgan fingerprint density at radius 1 is 1.17 bits per heavy atom. The van der Waals surface area contributed by atoms with Crippen LogP contribution in [0.2, 0.25) is 0 Å². The molecule has 2 aromatic rings. The first-order chi connectivity index (χ1) is 19.7. The summed E-state index contributed by atoms with van der Waals surface area (Å²) >= 11 is 0. The molecule has 4 rings (SSSR count). The molecule has 1 aliphatic heterocycles. The van der Waals surface area contributed by atoms with Crippen molar-refractivity contribution in [2.24, 2.45) is 11.8 Å². The SMILES string of the molecule is [CH2]N1CCN(C(=O)c2nc(-c3ccc(OC(F)F)c(OCC4CC4)c3)oc2[C@H](C)NC(=O)OC(C)(C)C)C[C@@H]1C(C)C. The van der Waals surface area contributed by atoms with Crippen LogP contribution in [-0.4, -0.2) is 71.3 Å². The molecule has 2 heterocycles. The Labute approximate surface area is 245 Å². The molecule has 1 N–H and O–H groups in total. The molecule has 1 saturated heterocycles. The maximum atomic E-state index is 13.9.